The number of hydrogen-bond acceptors (Lipinski definition) is 4. The minimum absolute atomic E-state index is 0.0129. The number of anilines is 1. The molecule has 1 aliphatic rings. The molecule has 0 radical (unpaired) electrons. The Kier molecular flexibility index (Phi) is 4.49. The Hall–Kier alpha value is -1.75. The number of nitrogens with one attached hydrogen (secondary N) is 1. The van der Waals surface area contributed by atoms with Crippen molar-refractivity contribution >= 4 is 11.6 Å². The first kappa shape index (κ1) is 14.7. The van der Waals surface area contributed by atoms with Gasteiger partial charge in [0.05, 0.1) is 12.2 Å². The molecular weight excluding hydrogens is 256 g/mol. The predicted molar refractivity (Wildman–Crippen MR) is 77.5 cm³/mol. The molecule has 1 saturated carbocycles. The summed E-state index contributed by atoms with van der Waals surface area (Å²) < 4.78 is 0. The lowest BCUT2D eigenvalue weighted by Crippen LogP contribution is -2.41. The van der Waals surface area contributed by atoms with Gasteiger partial charge in [-0.3, -0.25) is 4.79 Å². The van der Waals surface area contributed by atoms with E-state index in [0.29, 0.717) is 12.2 Å². The van der Waals surface area contributed by atoms with Gasteiger partial charge in [0.2, 0.25) is 0 Å². The lowest BCUT2D eigenvalue weighted by Gasteiger charge is -2.35. The number of aliphatic hydroxyl groups is 1. The maximum Gasteiger partial charge on any atom is 0.253 e. The maximum absolute atomic E-state index is 12.1. The summed E-state index contributed by atoms with van der Waals surface area (Å²) >= 11 is 0. The zero-order valence-electron chi connectivity index (χ0n) is 11.6. The van der Waals surface area contributed by atoms with Crippen LogP contribution in [0.4, 0.5) is 5.69 Å². The molecule has 20 heavy (non-hydrogen) atoms. The zero-order valence-corrected chi connectivity index (χ0v) is 11.6. The van der Waals surface area contributed by atoms with Gasteiger partial charge >= 0.3 is 0 Å². The van der Waals surface area contributed by atoms with Crippen LogP contribution in [0.5, 0.6) is 5.75 Å². The van der Waals surface area contributed by atoms with Crippen molar-refractivity contribution < 1.29 is 15.0 Å². The van der Waals surface area contributed by atoms with E-state index in [2.05, 4.69) is 5.32 Å². The number of phenols is 1. The van der Waals surface area contributed by atoms with E-state index in [-0.39, 0.29) is 29.2 Å². The Labute approximate surface area is 118 Å². The highest BCUT2D eigenvalue weighted by Crippen LogP contribution is 2.35. The predicted octanol–water partition coefficient (Wildman–Crippen LogP) is 1.65. The van der Waals surface area contributed by atoms with Crippen molar-refractivity contribution in [1.82, 2.24) is 5.32 Å². The minimum atomic E-state index is -0.309. The average molecular weight is 278 g/mol. The van der Waals surface area contributed by atoms with Crippen LogP contribution in [-0.2, 0) is 0 Å². The monoisotopic (exact) mass is 278 g/mol. The Morgan fingerprint density at radius 1 is 1.30 bits per heavy atom. The largest absolute Gasteiger partial charge is 0.508 e. The van der Waals surface area contributed by atoms with Gasteiger partial charge in [0.1, 0.15) is 5.75 Å². The fourth-order valence-electron chi connectivity index (χ4n) is 2.80. The Balaban J connectivity index is 2.02. The van der Waals surface area contributed by atoms with Crippen molar-refractivity contribution in [2.75, 3.05) is 18.9 Å². The fraction of sp³-hybridized carbons (Fsp3) is 0.533. The van der Waals surface area contributed by atoms with Gasteiger partial charge in [-0.2, -0.15) is 0 Å². The summed E-state index contributed by atoms with van der Waals surface area (Å²) in [5.41, 5.74) is 6.14. The number of hydrogen-bond donors (Lipinski definition) is 4. The normalized spacial score (nSPS) is 17.6. The average Bonchev–Trinajstić information content (AvgIpc) is 2.48. The SMILES string of the molecule is Nc1ccc(O)cc1C(=O)NCC1(CO)CCCCC1. The first-order valence-electron chi connectivity index (χ1n) is 7.04. The quantitative estimate of drug-likeness (QED) is 0.497. The Morgan fingerprint density at radius 3 is 2.65 bits per heavy atom. The van der Waals surface area contributed by atoms with Gasteiger partial charge in [-0.05, 0) is 31.0 Å². The lowest BCUT2D eigenvalue weighted by atomic mass is 9.74. The molecule has 0 bridgehead atoms. The molecule has 1 amide bonds. The lowest BCUT2D eigenvalue weighted by molar-refractivity contribution is 0.0718. The van der Waals surface area contributed by atoms with E-state index in [1.807, 2.05) is 0 Å². The molecule has 0 aromatic heterocycles. The Bertz CT molecular complexity index is 482. The van der Waals surface area contributed by atoms with E-state index in [1.165, 1.54) is 24.6 Å². The van der Waals surface area contributed by atoms with Crippen LogP contribution in [0.3, 0.4) is 0 Å². The van der Waals surface area contributed by atoms with E-state index < -0.39 is 0 Å². The van der Waals surface area contributed by atoms with Crippen molar-refractivity contribution in [3.05, 3.63) is 23.8 Å². The second kappa shape index (κ2) is 6.13. The highest BCUT2D eigenvalue weighted by atomic mass is 16.3. The molecule has 0 unspecified atom stereocenters. The maximum atomic E-state index is 12.1. The van der Waals surface area contributed by atoms with Gasteiger partial charge in [0.25, 0.3) is 5.91 Å². The minimum Gasteiger partial charge on any atom is -0.508 e. The summed E-state index contributed by atoms with van der Waals surface area (Å²) in [5, 5.41) is 21.9. The molecule has 2 rings (SSSR count). The van der Waals surface area contributed by atoms with Crippen molar-refractivity contribution in [3.63, 3.8) is 0 Å². The highest BCUT2D eigenvalue weighted by molar-refractivity contribution is 5.99. The van der Waals surface area contributed by atoms with Gasteiger partial charge < -0.3 is 21.3 Å². The van der Waals surface area contributed by atoms with Crippen molar-refractivity contribution in [2.45, 2.75) is 32.1 Å². The van der Waals surface area contributed by atoms with Gasteiger partial charge in [-0.1, -0.05) is 19.3 Å². The van der Waals surface area contributed by atoms with Crippen LogP contribution in [0, 0.1) is 5.41 Å². The summed E-state index contributed by atoms with van der Waals surface area (Å²) in [6.07, 6.45) is 5.23. The van der Waals surface area contributed by atoms with Gasteiger partial charge in [0, 0.05) is 17.6 Å². The number of nitrogen functional groups attached to an aromatic ring is 1. The topological polar surface area (TPSA) is 95.6 Å². The molecule has 1 fully saturated rings. The van der Waals surface area contributed by atoms with Crippen LogP contribution in [0.15, 0.2) is 18.2 Å². The summed E-state index contributed by atoms with van der Waals surface area (Å²) in [6, 6.07) is 4.31. The number of nitrogens with two attached hydrogens (primary N) is 1. The first-order valence-corrected chi connectivity index (χ1v) is 7.04. The molecular formula is C15H22N2O3. The zero-order chi connectivity index (χ0) is 14.6. The molecule has 5 nitrogen and oxygen atoms in total. The van der Waals surface area contributed by atoms with Crippen molar-refractivity contribution in [1.29, 1.82) is 0 Å². The summed E-state index contributed by atoms with van der Waals surface area (Å²) in [4.78, 5) is 12.1. The number of phenolic OH excluding ortho intramolecular Hbond substituents is 1. The molecule has 0 saturated heterocycles. The number of carbonyl (C=O) groups is 1. The molecule has 0 heterocycles. The Morgan fingerprint density at radius 2 is 2.00 bits per heavy atom. The molecule has 0 atom stereocenters. The van der Waals surface area contributed by atoms with Gasteiger partial charge in [0.15, 0.2) is 0 Å². The standard InChI is InChI=1S/C15H22N2O3/c16-13-5-4-11(19)8-12(13)14(20)17-9-15(10-18)6-2-1-3-7-15/h4-5,8,18-19H,1-3,6-7,9-10,16H2,(H,17,20). The van der Waals surface area contributed by atoms with E-state index in [4.69, 9.17) is 5.73 Å². The van der Waals surface area contributed by atoms with Crippen LogP contribution < -0.4 is 11.1 Å². The highest BCUT2D eigenvalue weighted by Gasteiger charge is 2.31. The number of rotatable bonds is 4. The first-order chi connectivity index (χ1) is 9.56. The molecule has 110 valence electrons. The van der Waals surface area contributed by atoms with E-state index >= 15 is 0 Å². The number of carbonyl (C=O) groups excluding carboxylic acids is 1. The molecule has 1 aromatic rings. The van der Waals surface area contributed by atoms with E-state index in [1.54, 1.807) is 0 Å². The smallest absolute Gasteiger partial charge is 0.253 e. The molecule has 5 N–H and O–H groups in total. The van der Waals surface area contributed by atoms with Crippen LogP contribution >= 0.6 is 0 Å². The number of benzene rings is 1. The molecule has 0 spiro atoms. The fourth-order valence-corrected chi connectivity index (χ4v) is 2.80. The summed E-state index contributed by atoms with van der Waals surface area (Å²) in [6.45, 7) is 0.528. The molecule has 5 heteroatoms. The third-order valence-corrected chi connectivity index (χ3v) is 4.16. The molecule has 1 aromatic carbocycles. The molecule has 0 aliphatic heterocycles. The van der Waals surface area contributed by atoms with Crippen LogP contribution in [0.2, 0.25) is 0 Å². The van der Waals surface area contributed by atoms with Crippen molar-refractivity contribution in [3.8, 4) is 5.75 Å². The third-order valence-electron chi connectivity index (χ3n) is 4.16. The second-order valence-electron chi connectivity index (χ2n) is 5.67. The molecule has 1 aliphatic carbocycles. The van der Waals surface area contributed by atoms with E-state index in [9.17, 15) is 15.0 Å². The van der Waals surface area contributed by atoms with Gasteiger partial charge in [-0.25, -0.2) is 0 Å². The second-order valence-corrected chi connectivity index (χ2v) is 5.67. The van der Waals surface area contributed by atoms with Crippen LogP contribution in [0.1, 0.15) is 42.5 Å². The number of amides is 1. The summed E-state index contributed by atoms with van der Waals surface area (Å²) in [5.74, 6) is -0.296. The van der Waals surface area contributed by atoms with Crippen molar-refractivity contribution in [2.24, 2.45) is 5.41 Å². The number of aromatic hydroxyl groups is 1. The summed E-state index contributed by atoms with van der Waals surface area (Å²) in [7, 11) is 0. The van der Waals surface area contributed by atoms with Crippen LogP contribution in [-0.4, -0.2) is 29.3 Å². The third kappa shape index (κ3) is 3.22. The van der Waals surface area contributed by atoms with Gasteiger partial charge in [-0.15, -0.1) is 0 Å². The van der Waals surface area contributed by atoms with Crippen LogP contribution in [0.25, 0.3) is 0 Å². The van der Waals surface area contributed by atoms with E-state index in [0.717, 1.165) is 25.7 Å². The number of aliphatic hydroxyl groups excluding tert-OH is 1.